The molecule has 0 heterocycles. The predicted octanol–water partition coefficient (Wildman–Crippen LogP) is 6.14. The molecule has 0 amide bonds. The zero-order valence-electron chi connectivity index (χ0n) is 14.2. The van der Waals surface area contributed by atoms with Gasteiger partial charge in [-0.15, -0.1) is 0 Å². The third-order valence-electron chi connectivity index (χ3n) is 3.92. The zero-order valence-corrected chi connectivity index (χ0v) is 15.8. The van der Waals surface area contributed by atoms with E-state index in [1.807, 2.05) is 0 Å². The average Bonchev–Trinajstić information content (AvgIpc) is 2.59. The third kappa shape index (κ3) is 5.13. The molecule has 0 atom stereocenters. The molecule has 0 fully saturated rings. The summed E-state index contributed by atoms with van der Waals surface area (Å²) in [5.41, 5.74) is 1.30. The van der Waals surface area contributed by atoms with Crippen LogP contribution < -0.4 is 9.47 Å². The Morgan fingerprint density at radius 1 is 0.913 bits per heavy atom. The molecular formula is C20H27BrO2. The number of alkyl halides is 1. The summed E-state index contributed by atoms with van der Waals surface area (Å²) in [6, 6.07) is 10.6. The maximum Gasteiger partial charge on any atom is 0.123 e. The largest absolute Gasteiger partial charge is 0.494 e. The summed E-state index contributed by atoms with van der Waals surface area (Å²) in [6.45, 7) is 5.87. The summed E-state index contributed by atoms with van der Waals surface area (Å²) < 4.78 is 11.8. The first-order chi connectivity index (χ1) is 11.3. The number of unbranched alkanes of at least 4 members (excludes halogenated alkanes) is 2. The fourth-order valence-electron chi connectivity index (χ4n) is 2.72. The number of fused-ring (bicyclic) bond motifs is 1. The maximum absolute atomic E-state index is 6.03. The molecule has 0 unspecified atom stereocenters. The smallest absolute Gasteiger partial charge is 0.123 e. The zero-order chi connectivity index (χ0) is 16.5. The van der Waals surface area contributed by atoms with E-state index < -0.39 is 0 Å². The van der Waals surface area contributed by atoms with Crippen LogP contribution in [0, 0.1) is 0 Å². The fraction of sp³-hybridized carbons (Fsp3) is 0.500. The number of benzene rings is 2. The summed E-state index contributed by atoms with van der Waals surface area (Å²) in [5, 5.41) is 3.57. The Kier molecular flexibility index (Phi) is 7.73. The van der Waals surface area contributed by atoms with Gasteiger partial charge >= 0.3 is 0 Å². The summed E-state index contributed by atoms with van der Waals surface area (Å²) in [7, 11) is 0. The van der Waals surface area contributed by atoms with Crippen LogP contribution in [0.2, 0.25) is 0 Å². The molecule has 2 aromatic rings. The lowest BCUT2D eigenvalue weighted by Crippen LogP contribution is -2.01. The second kappa shape index (κ2) is 9.82. The number of hydrogen-bond acceptors (Lipinski definition) is 2. The minimum Gasteiger partial charge on any atom is -0.494 e. The van der Waals surface area contributed by atoms with Gasteiger partial charge in [0.1, 0.15) is 11.5 Å². The van der Waals surface area contributed by atoms with Gasteiger partial charge in [0.15, 0.2) is 0 Å². The lowest BCUT2D eigenvalue weighted by molar-refractivity contribution is 0.304. The van der Waals surface area contributed by atoms with Gasteiger partial charge in [-0.1, -0.05) is 41.9 Å². The number of rotatable bonds is 10. The molecule has 3 heteroatoms. The predicted molar refractivity (Wildman–Crippen MR) is 102 cm³/mol. The van der Waals surface area contributed by atoms with Crippen LogP contribution in [0.15, 0.2) is 30.3 Å². The first-order valence-corrected chi connectivity index (χ1v) is 9.79. The van der Waals surface area contributed by atoms with Gasteiger partial charge in [0.25, 0.3) is 0 Å². The van der Waals surface area contributed by atoms with Gasteiger partial charge < -0.3 is 9.47 Å². The van der Waals surface area contributed by atoms with Crippen LogP contribution in [0.25, 0.3) is 10.8 Å². The van der Waals surface area contributed by atoms with Crippen molar-refractivity contribution in [3.05, 3.63) is 35.9 Å². The Labute approximate surface area is 148 Å². The van der Waals surface area contributed by atoms with Gasteiger partial charge in [-0.2, -0.15) is 0 Å². The molecule has 2 aromatic carbocycles. The Morgan fingerprint density at radius 3 is 2.52 bits per heavy atom. The highest BCUT2D eigenvalue weighted by atomic mass is 79.9. The summed E-state index contributed by atoms with van der Waals surface area (Å²) in [4.78, 5) is 0. The first kappa shape index (κ1) is 18.1. The number of halogens is 1. The number of ether oxygens (including phenoxy) is 2. The molecule has 0 aliphatic carbocycles. The van der Waals surface area contributed by atoms with Crippen molar-refractivity contribution in [2.45, 2.75) is 46.0 Å². The van der Waals surface area contributed by atoms with E-state index >= 15 is 0 Å². The van der Waals surface area contributed by atoms with Crippen LogP contribution in [0.1, 0.15) is 45.1 Å². The van der Waals surface area contributed by atoms with E-state index in [4.69, 9.17) is 9.47 Å². The molecule has 0 aliphatic rings. The molecule has 2 rings (SSSR count). The summed E-state index contributed by atoms with van der Waals surface area (Å²) in [5.74, 6) is 1.98. The third-order valence-corrected chi connectivity index (χ3v) is 4.48. The highest BCUT2D eigenvalue weighted by Gasteiger charge is 2.08. The lowest BCUT2D eigenvalue weighted by Gasteiger charge is -2.14. The van der Waals surface area contributed by atoms with Crippen molar-refractivity contribution < 1.29 is 9.47 Å². The molecule has 126 valence electrons. The second-order valence-electron chi connectivity index (χ2n) is 5.73. The Hall–Kier alpha value is -1.22. The van der Waals surface area contributed by atoms with Crippen LogP contribution in [0.4, 0.5) is 0 Å². The normalized spacial score (nSPS) is 10.9. The molecule has 0 bridgehead atoms. The fourth-order valence-corrected chi connectivity index (χ4v) is 3.11. The molecule has 0 saturated carbocycles. The molecule has 23 heavy (non-hydrogen) atoms. The van der Waals surface area contributed by atoms with E-state index in [1.54, 1.807) is 0 Å². The van der Waals surface area contributed by atoms with Crippen molar-refractivity contribution in [2.75, 3.05) is 18.5 Å². The molecule has 0 radical (unpaired) electrons. The van der Waals surface area contributed by atoms with Crippen LogP contribution in [-0.2, 0) is 6.42 Å². The highest BCUT2D eigenvalue weighted by molar-refractivity contribution is 9.09. The minimum atomic E-state index is 0.766. The topological polar surface area (TPSA) is 18.5 Å². The van der Waals surface area contributed by atoms with Crippen molar-refractivity contribution in [1.29, 1.82) is 0 Å². The highest BCUT2D eigenvalue weighted by Crippen LogP contribution is 2.31. The Balaban J connectivity index is 2.13. The van der Waals surface area contributed by atoms with Crippen LogP contribution in [0.3, 0.4) is 0 Å². The van der Waals surface area contributed by atoms with Crippen molar-refractivity contribution in [3.63, 3.8) is 0 Å². The quantitative estimate of drug-likeness (QED) is 0.365. The van der Waals surface area contributed by atoms with Gasteiger partial charge in [-0.3, -0.25) is 0 Å². The maximum atomic E-state index is 6.03. The molecule has 0 aromatic heterocycles. The Bertz CT molecular complexity index is 610. The second-order valence-corrected chi connectivity index (χ2v) is 6.52. The summed E-state index contributed by atoms with van der Waals surface area (Å²) in [6.07, 6.45) is 5.53. The molecule has 0 spiro atoms. The number of hydrogen-bond donors (Lipinski definition) is 0. The van der Waals surface area contributed by atoms with E-state index in [0.29, 0.717) is 0 Å². The molecular weight excluding hydrogens is 352 g/mol. The van der Waals surface area contributed by atoms with E-state index in [1.165, 1.54) is 29.2 Å². The van der Waals surface area contributed by atoms with Gasteiger partial charge in [0, 0.05) is 10.9 Å². The van der Waals surface area contributed by atoms with Crippen LogP contribution >= 0.6 is 15.9 Å². The average molecular weight is 379 g/mol. The van der Waals surface area contributed by atoms with Gasteiger partial charge in [-0.25, -0.2) is 0 Å². The van der Waals surface area contributed by atoms with Gasteiger partial charge in [0.05, 0.1) is 13.2 Å². The van der Waals surface area contributed by atoms with Crippen LogP contribution in [0.5, 0.6) is 11.5 Å². The monoisotopic (exact) mass is 378 g/mol. The lowest BCUT2D eigenvalue weighted by atomic mass is 10.0. The minimum absolute atomic E-state index is 0.766. The molecule has 0 saturated heterocycles. The van der Waals surface area contributed by atoms with E-state index in [0.717, 1.165) is 49.3 Å². The molecule has 0 aliphatic heterocycles. The Morgan fingerprint density at radius 2 is 1.78 bits per heavy atom. The first-order valence-electron chi connectivity index (χ1n) is 8.67. The van der Waals surface area contributed by atoms with Crippen molar-refractivity contribution in [1.82, 2.24) is 0 Å². The molecule has 2 nitrogen and oxygen atoms in total. The van der Waals surface area contributed by atoms with Gasteiger partial charge in [-0.05, 0) is 61.1 Å². The number of aryl methyl sites for hydroxylation is 1. The van der Waals surface area contributed by atoms with Crippen molar-refractivity contribution in [2.24, 2.45) is 0 Å². The van der Waals surface area contributed by atoms with Crippen molar-refractivity contribution in [3.8, 4) is 11.5 Å². The van der Waals surface area contributed by atoms with Crippen molar-refractivity contribution >= 4 is 26.7 Å². The standard InChI is InChI=1S/C20H27BrO2/c1-3-13-22-17-9-10-19-16(15-17)8-11-20(18(19)4-2)23-14-7-5-6-12-21/h8-11,15H,3-7,12-14H2,1-2H3. The van der Waals surface area contributed by atoms with E-state index in [9.17, 15) is 0 Å². The SMILES string of the molecule is CCCOc1ccc2c(CC)c(OCCCCCBr)ccc2c1. The van der Waals surface area contributed by atoms with Crippen LogP contribution in [-0.4, -0.2) is 18.5 Å². The van der Waals surface area contributed by atoms with Gasteiger partial charge in [0.2, 0.25) is 0 Å². The molecule has 0 N–H and O–H groups in total. The van der Waals surface area contributed by atoms with E-state index in [2.05, 4.69) is 60.1 Å². The van der Waals surface area contributed by atoms with E-state index in [-0.39, 0.29) is 0 Å². The summed E-state index contributed by atoms with van der Waals surface area (Å²) >= 11 is 3.47.